The fraction of sp³-hybridized carbons (Fsp3) is 0.444. The minimum absolute atomic E-state index is 0.483. The summed E-state index contributed by atoms with van der Waals surface area (Å²) in [6.45, 7) is 1.76. The van der Waals surface area contributed by atoms with E-state index in [-0.39, 0.29) is 0 Å². The Kier molecular flexibility index (Phi) is 2.51. The van der Waals surface area contributed by atoms with Crippen molar-refractivity contribution in [1.29, 1.82) is 0 Å². The number of imidazole rings is 1. The zero-order valence-corrected chi connectivity index (χ0v) is 8.88. The van der Waals surface area contributed by atoms with Crippen LogP contribution < -0.4 is 5.73 Å². The molecular formula is C9H14N6. The Morgan fingerprint density at radius 3 is 2.87 bits per heavy atom. The molecule has 6 nitrogen and oxygen atoms in total. The van der Waals surface area contributed by atoms with Crippen molar-refractivity contribution in [3.05, 3.63) is 12.7 Å². The van der Waals surface area contributed by atoms with E-state index in [1.165, 1.54) is 6.33 Å². The van der Waals surface area contributed by atoms with Crippen LogP contribution in [0.5, 0.6) is 0 Å². The van der Waals surface area contributed by atoms with E-state index < -0.39 is 0 Å². The van der Waals surface area contributed by atoms with E-state index in [0.29, 0.717) is 11.5 Å². The molecule has 0 spiro atoms. The number of fused-ring (bicyclic) bond motifs is 1. The summed E-state index contributed by atoms with van der Waals surface area (Å²) in [6.07, 6.45) is 3.18. The molecular weight excluding hydrogens is 192 g/mol. The molecule has 0 unspecified atom stereocenters. The molecule has 0 aliphatic heterocycles. The van der Waals surface area contributed by atoms with Crippen LogP contribution in [0.4, 0.5) is 5.82 Å². The van der Waals surface area contributed by atoms with Crippen LogP contribution in [0.1, 0.15) is 0 Å². The number of aromatic nitrogens is 4. The summed E-state index contributed by atoms with van der Waals surface area (Å²) in [5.41, 5.74) is 7.26. The maximum absolute atomic E-state index is 5.78. The van der Waals surface area contributed by atoms with Crippen LogP contribution in [-0.4, -0.2) is 45.1 Å². The van der Waals surface area contributed by atoms with Gasteiger partial charge in [0.2, 0.25) is 0 Å². The molecule has 80 valence electrons. The van der Waals surface area contributed by atoms with E-state index in [1.54, 1.807) is 6.33 Å². The van der Waals surface area contributed by atoms with Gasteiger partial charge < -0.3 is 15.2 Å². The highest BCUT2D eigenvalue weighted by Gasteiger charge is 2.07. The Labute approximate surface area is 87.8 Å². The maximum Gasteiger partial charge on any atom is 0.182 e. The third-order valence-corrected chi connectivity index (χ3v) is 2.23. The fourth-order valence-electron chi connectivity index (χ4n) is 1.41. The fourth-order valence-corrected chi connectivity index (χ4v) is 1.41. The molecule has 0 aliphatic rings. The number of hydrogen-bond acceptors (Lipinski definition) is 5. The molecule has 2 aromatic heterocycles. The van der Waals surface area contributed by atoms with Crippen molar-refractivity contribution in [2.24, 2.45) is 0 Å². The molecule has 2 heterocycles. The summed E-state index contributed by atoms with van der Waals surface area (Å²) < 4.78 is 1.98. The molecule has 0 atom stereocenters. The second-order valence-electron chi connectivity index (χ2n) is 3.67. The number of rotatable bonds is 3. The quantitative estimate of drug-likeness (QED) is 0.763. The highest BCUT2D eigenvalue weighted by atomic mass is 15.1. The average Bonchev–Trinajstić information content (AvgIpc) is 2.59. The summed E-state index contributed by atoms with van der Waals surface area (Å²) in [6, 6.07) is 0. The lowest BCUT2D eigenvalue weighted by Crippen LogP contribution is -2.18. The van der Waals surface area contributed by atoms with Gasteiger partial charge in [-0.1, -0.05) is 0 Å². The van der Waals surface area contributed by atoms with Crippen molar-refractivity contribution in [2.75, 3.05) is 26.4 Å². The monoisotopic (exact) mass is 206 g/mol. The van der Waals surface area contributed by atoms with Crippen molar-refractivity contribution in [3.8, 4) is 0 Å². The molecule has 2 aromatic rings. The van der Waals surface area contributed by atoms with Crippen LogP contribution in [0.3, 0.4) is 0 Å². The number of nitrogen functional groups attached to an aromatic ring is 1. The van der Waals surface area contributed by atoms with Gasteiger partial charge in [-0.05, 0) is 14.1 Å². The van der Waals surface area contributed by atoms with Crippen LogP contribution in [-0.2, 0) is 6.54 Å². The second kappa shape index (κ2) is 3.82. The van der Waals surface area contributed by atoms with Crippen molar-refractivity contribution < 1.29 is 0 Å². The summed E-state index contributed by atoms with van der Waals surface area (Å²) in [4.78, 5) is 14.3. The Morgan fingerprint density at radius 1 is 1.33 bits per heavy atom. The van der Waals surface area contributed by atoms with Crippen LogP contribution in [0, 0.1) is 0 Å². The van der Waals surface area contributed by atoms with Gasteiger partial charge in [0.1, 0.15) is 11.8 Å². The van der Waals surface area contributed by atoms with Gasteiger partial charge in [0.15, 0.2) is 11.5 Å². The minimum Gasteiger partial charge on any atom is -0.382 e. The van der Waals surface area contributed by atoms with E-state index in [1.807, 2.05) is 18.7 Å². The largest absolute Gasteiger partial charge is 0.382 e. The highest BCUT2D eigenvalue weighted by molar-refractivity contribution is 5.81. The zero-order valence-electron chi connectivity index (χ0n) is 8.88. The van der Waals surface area contributed by atoms with E-state index >= 15 is 0 Å². The summed E-state index contributed by atoms with van der Waals surface area (Å²) >= 11 is 0. The van der Waals surface area contributed by atoms with Gasteiger partial charge in [0.05, 0.1) is 6.33 Å². The first-order valence-corrected chi connectivity index (χ1v) is 4.74. The van der Waals surface area contributed by atoms with Gasteiger partial charge in [0.25, 0.3) is 0 Å². The summed E-state index contributed by atoms with van der Waals surface area (Å²) in [5, 5.41) is 0. The molecule has 0 aromatic carbocycles. The predicted octanol–water partition coefficient (Wildman–Crippen LogP) is -0.0299. The first kappa shape index (κ1) is 9.85. The van der Waals surface area contributed by atoms with Crippen molar-refractivity contribution in [2.45, 2.75) is 6.54 Å². The summed E-state index contributed by atoms with van der Waals surface area (Å²) in [5.74, 6) is 0.483. The Morgan fingerprint density at radius 2 is 2.13 bits per heavy atom. The lowest BCUT2D eigenvalue weighted by atomic mass is 10.4. The van der Waals surface area contributed by atoms with Gasteiger partial charge in [-0.15, -0.1) is 0 Å². The van der Waals surface area contributed by atoms with E-state index in [2.05, 4.69) is 19.9 Å². The number of hydrogen-bond donors (Lipinski definition) is 1. The molecule has 15 heavy (non-hydrogen) atoms. The van der Waals surface area contributed by atoms with Gasteiger partial charge >= 0.3 is 0 Å². The van der Waals surface area contributed by atoms with Crippen molar-refractivity contribution in [3.63, 3.8) is 0 Å². The lowest BCUT2D eigenvalue weighted by molar-refractivity contribution is 0.386. The first-order chi connectivity index (χ1) is 7.18. The van der Waals surface area contributed by atoms with Gasteiger partial charge in [0, 0.05) is 13.1 Å². The van der Waals surface area contributed by atoms with Crippen LogP contribution in [0.25, 0.3) is 11.2 Å². The van der Waals surface area contributed by atoms with Gasteiger partial charge in [-0.3, -0.25) is 0 Å². The minimum atomic E-state index is 0.483. The molecule has 6 heteroatoms. The maximum atomic E-state index is 5.78. The molecule has 0 fully saturated rings. The van der Waals surface area contributed by atoms with Crippen molar-refractivity contribution >= 4 is 17.0 Å². The number of nitrogens with two attached hydrogens (primary N) is 1. The van der Waals surface area contributed by atoms with Crippen molar-refractivity contribution in [1.82, 2.24) is 24.4 Å². The Hall–Kier alpha value is -1.69. The second-order valence-corrected chi connectivity index (χ2v) is 3.67. The van der Waals surface area contributed by atoms with Crippen LogP contribution >= 0.6 is 0 Å². The zero-order chi connectivity index (χ0) is 10.8. The first-order valence-electron chi connectivity index (χ1n) is 4.74. The molecule has 0 saturated heterocycles. The number of likely N-dealkylation sites (N-methyl/N-ethyl adjacent to an activating group) is 1. The molecule has 2 N–H and O–H groups in total. The highest BCUT2D eigenvalue weighted by Crippen LogP contribution is 2.14. The molecule has 0 saturated carbocycles. The van der Waals surface area contributed by atoms with E-state index in [4.69, 9.17) is 5.73 Å². The Balaban J connectivity index is 2.35. The SMILES string of the molecule is CN(C)CCn1cnc2ncnc(N)c21. The topological polar surface area (TPSA) is 72.9 Å². The molecule has 0 bridgehead atoms. The smallest absolute Gasteiger partial charge is 0.182 e. The third kappa shape index (κ3) is 1.89. The van der Waals surface area contributed by atoms with Crippen LogP contribution in [0.2, 0.25) is 0 Å². The van der Waals surface area contributed by atoms with E-state index in [0.717, 1.165) is 18.6 Å². The predicted molar refractivity (Wildman–Crippen MR) is 58.3 cm³/mol. The molecule has 0 aliphatic carbocycles. The standard InChI is InChI=1S/C9H14N6/c1-14(2)3-4-15-6-13-9-7(15)8(10)11-5-12-9/h5-6H,3-4H2,1-2H3,(H2,10,11,12). The van der Waals surface area contributed by atoms with Gasteiger partial charge in [-0.2, -0.15) is 0 Å². The normalized spacial score (nSPS) is 11.4. The Bertz CT molecular complexity index is 461. The lowest BCUT2D eigenvalue weighted by Gasteiger charge is -2.10. The molecule has 0 radical (unpaired) electrons. The van der Waals surface area contributed by atoms with E-state index in [9.17, 15) is 0 Å². The molecule has 0 amide bonds. The third-order valence-electron chi connectivity index (χ3n) is 2.23. The van der Waals surface area contributed by atoms with Crippen LogP contribution in [0.15, 0.2) is 12.7 Å². The molecule has 2 rings (SSSR count). The summed E-state index contributed by atoms with van der Waals surface area (Å²) in [7, 11) is 4.05. The van der Waals surface area contributed by atoms with Gasteiger partial charge in [-0.25, -0.2) is 15.0 Å². The average molecular weight is 206 g/mol. The number of nitrogens with zero attached hydrogens (tertiary/aromatic N) is 5. The number of anilines is 1.